The number of aromatic nitrogens is 2. The summed E-state index contributed by atoms with van der Waals surface area (Å²) >= 11 is 1.14. The van der Waals surface area contributed by atoms with Crippen LogP contribution < -0.4 is 5.32 Å². The van der Waals surface area contributed by atoms with Crippen molar-refractivity contribution in [3.63, 3.8) is 0 Å². The lowest BCUT2D eigenvalue weighted by Crippen LogP contribution is -2.32. The van der Waals surface area contributed by atoms with Crippen LogP contribution in [0.15, 0.2) is 60.7 Å². The number of amides is 1. The maximum absolute atomic E-state index is 12.5. The Balaban J connectivity index is 1.62. The van der Waals surface area contributed by atoms with Crippen LogP contribution in [0.4, 0.5) is 0 Å². The summed E-state index contributed by atoms with van der Waals surface area (Å²) in [6, 6.07) is 20.1. The zero-order valence-corrected chi connectivity index (χ0v) is 14.3. The van der Waals surface area contributed by atoms with Crippen LogP contribution in [0.25, 0.3) is 11.3 Å². The van der Waals surface area contributed by atoms with E-state index < -0.39 is 0 Å². The first-order valence-electron chi connectivity index (χ1n) is 7.96. The number of hydrogen-bond acceptors (Lipinski definition) is 4. The molecule has 0 saturated carbocycles. The monoisotopic (exact) mass is 337 g/mol. The Labute approximate surface area is 145 Å². The molecular weight excluding hydrogens is 318 g/mol. The fourth-order valence-corrected chi connectivity index (χ4v) is 3.11. The molecule has 1 atom stereocenters. The van der Waals surface area contributed by atoms with E-state index in [1.165, 1.54) is 5.56 Å². The second-order valence-corrected chi connectivity index (χ2v) is 6.47. The van der Waals surface area contributed by atoms with Gasteiger partial charge in [0, 0.05) is 11.6 Å². The summed E-state index contributed by atoms with van der Waals surface area (Å²) in [7, 11) is 0. The van der Waals surface area contributed by atoms with Crippen molar-refractivity contribution in [3.05, 3.63) is 71.1 Å². The molecule has 24 heavy (non-hydrogen) atoms. The van der Waals surface area contributed by atoms with Crippen molar-refractivity contribution in [2.75, 3.05) is 0 Å². The second-order valence-electron chi connectivity index (χ2n) is 5.72. The first kappa shape index (κ1) is 16.3. The molecule has 1 aromatic heterocycles. The van der Waals surface area contributed by atoms with Gasteiger partial charge < -0.3 is 5.32 Å². The highest BCUT2D eigenvalue weighted by atomic mass is 32.1. The van der Waals surface area contributed by atoms with E-state index in [9.17, 15) is 4.79 Å². The normalized spacial score (nSPS) is 11.9. The molecule has 4 nitrogen and oxygen atoms in total. The van der Waals surface area contributed by atoms with Crippen LogP contribution in [0.2, 0.25) is 0 Å². The highest BCUT2D eigenvalue weighted by Crippen LogP contribution is 2.23. The molecule has 0 radical (unpaired) electrons. The highest BCUT2D eigenvalue weighted by molar-refractivity contribution is 7.08. The van der Waals surface area contributed by atoms with E-state index in [4.69, 9.17) is 0 Å². The number of hydrogen-bond donors (Lipinski definition) is 1. The second kappa shape index (κ2) is 7.84. The summed E-state index contributed by atoms with van der Waals surface area (Å²) in [4.78, 5) is 13.1. The Morgan fingerprint density at radius 2 is 1.75 bits per heavy atom. The van der Waals surface area contributed by atoms with Crippen LogP contribution in [0.5, 0.6) is 0 Å². The van der Waals surface area contributed by atoms with Gasteiger partial charge in [-0.3, -0.25) is 4.79 Å². The van der Waals surface area contributed by atoms with E-state index in [2.05, 4.69) is 27.0 Å². The molecule has 122 valence electrons. The van der Waals surface area contributed by atoms with Crippen LogP contribution in [-0.4, -0.2) is 21.5 Å². The van der Waals surface area contributed by atoms with Crippen molar-refractivity contribution in [2.24, 2.45) is 0 Å². The van der Waals surface area contributed by atoms with Gasteiger partial charge in [0.2, 0.25) is 0 Å². The molecule has 2 aromatic carbocycles. The third-order valence-electron chi connectivity index (χ3n) is 3.83. The van der Waals surface area contributed by atoms with Crippen molar-refractivity contribution in [3.8, 4) is 11.3 Å². The van der Waals surface area contributed by atoms with Gasteiger partial charge in [-0.2, -0.15) is 0 Å². The number of nitrogens with one attached hydrogen (secondary N) is 1. The van der Waals surface area contributed by atoms with Crippen molar-refractivity contribution < 1.29 is 4.79 Å². The smallest absolute Gasteiger partial charge is 0.265 e. The number of carbonyl (C=O) groups excluding carboxylic acids is 1. The van der Waals surface area contributed by atoms with Crippen LogP contribution >= 0.6 is 11.5 Å². The van der Waals surface area contributed by atoms with Gasteiger partial charge in [-0.1, -0.05) is 65.2 Å². The van der Waals surface area contributed by atoms with Crippen LogP contribution in [0, 0.1) is 0 Å². The predicted octanol–water partition coefficient (Wildman–Crippen LogP) is 3.96. The summed E-state index contributed by atoms with van der Waals surface area (Å²) in [5, 5.41) is 7.17. The van der Waals surface area contributed by atoms with E-state index in [1.54, 1.807) is 0 Å². The molecule has 1 heterocycles. The Hall–Kier alpha value is -2.53. The van der Waals surface area contributed by atoms with Crippen molar-refractivity contribution in [1.82, 2.24) is 14.9 Å². The lowest BCUT2D eigenvalue weighted by molar-refractivity contribution is 0.0943. The summed E-state index contributed by atoms with van der Waals surface area (Å²) in [5.74, 6) is -0.107. The van der Waals surface area contributed by atoms with Crippen molar-refractivity contribution in [1.29, 1.82) is 0 Å². The molecule has 0 saturated heterocycles. The van der Waals surface area contributed by atoms with E-state index in [0.717, 1.165) is 29.9 Å². The van der Waals surface area contributed by atoms with Gasteiger partial charge in [0.15, 0.2) is 0 Å². The zero-order valence-electron chi connectivity index (χ0n) is 13.5. The molecule has 1 amide bonds. The summed E-state index contributed by atoms with van der Waals surface area (Å²) in [6.45, 7) is 2.03. The lowest BCUT2D eigenvalue weighted by atomic mass is 10.1. The quantitative estimate of drug-likeness (QED) is 0.741. The largest absolute Gasteiger partial charge is 0.349 e. The summed E-state index contributed by atoms with van der Waals surface area (Å²) in [5.41, 5.74) is 2.84. The molecule has 0 aliphatic rings. The molecule has 0 aliphatic heterocycles. The van der Waals surface area contributed by atoms with E-state index >= 15 is 0 Å². The molecule has 1 N–H and O–H groups in total. The first-order chi connectivity index (χ1) is 11.7. The topological polar surface area (TPSA) is 54.9 Å². The van der Waals surface area contributed by atoms with E-state index in [-0.39, 0.29) is 11.9 Å². The lowest BCUT2D eigenvalue weighted by Gasteiger charge is -2.13. The minimum Gasteiger partial charge on any atom is -0.349 e. The number of benzene rings is 2. The molecule has 1 unspecified atom stereocenters. The third kappa shape index (κ3) is 4.06. The Kier molecular flexibility index (Phi) is 5.33. The van der Waals surface area contributed by atoms with E-state index in [0.29, 0.717) is 10.6 Å². The van der Waals surface area contributed by atoms with Crippen LogP contribution in [0.1, 0.15) is 28.6 Å². The van der Waals surface area contributed by atoms with Crippen molar-refractivity contribution >= 4 is 17.4 Å². The standard InChI is InChI=1S/C19H19N3OS/c1-14(12-13-15-8-4-2-5-9-15)20-19(23)18-17(21-22-24-18)16-10-6-3-7-11-16/h2-11,14H,12-13H2,1H3,(H,20,23). The van der Waals surface area contributed by atoms with Crippen LogP contribution in [0.3, 0.4) is 0 Å². The number of nitrogens with zero attached hydrogens (tertiary/aromatic N) is 2. The minimum atomic E-state index is -0.107. The SMILES string of the molecule is CC(CCc1ccccc1)NC(=O)c1snnc1-c1ccccc1. The van der Waals surface area contributed by atoms with Crippen LogP contribution in [-0.2, 0) is 6.42 Å². The maximum atomic E-state index is 12.5. The van der Waals surface area contributed by atoms with Gasteiger partial charge in [0.05, 0.1) is 0 Å². The van der Waals surface area contributed by atoms with Gasteiger partial charge in [0.25, 0.3) is 5.91 Å². The first-order valence-corrected chi connectivity index (χ1v) is 8.74. The van der Waals surface area contributed by atoms with Gasteiger partial charge >= 0.3 is 0 Å². The highest BCUT2D eigenvalue weighted by Gasteiger charge is 2.19. The summed E-state index contributed by atoms with van der Waals surface area (Å²) < 4.78 is 3.95. The average Bonchev–Trinajstić information content (AvgIpc) is 3.11. The van der Waals surface area contributed by atoms with Gasteiger partial charge in [-0.05, 0) is 36.9 Å². The van der Waals surface area contributed by atoms with Gasteiger partial charge in [0.1, 0.15) is 10.6 Å². The molecule has 5 heteroatoms. The zero-order chi connectivity index (χ0) is 16.8. The molecule has 3 rings (SSSR count). The van der Waals surface area contributed by atoms with E-state index in [1.807, 2.05) is 55.5 Å². The molecule has 0 bridgehead atoms. The fourth-order valence-electron chi connectivity index (χ4n) is 2.51. The number of carbonyl (C=O) groups is 1. The maximum Gasteiger partial charge on any atom is 0.265 e. The van der Waals surface area contributed by atoms with Gasteiger partial charge in [-0.25, -0.2) is 0 Å². The average molecular weight is 337 g/mol. The number of rotatable bonds is 6. The fraction of sp³-hybridized carbons (Fsp3) is 0.211. The van der Waals surface area contributed by atoms with Crippen molar-refractivity contribution in [2.45, 2.75) is 25.8 Å². The molecule has 0 spiro atoms. The third-order valence-corrected chi connectivity index (χ3v) is 4.55. The Bertz CT molecular complexity index is 787. The molecular formula is C19H19N3OS. The number of aryl methyl sites for hydroxylation is 1. The summed E-state index contributed by atoms with van der Waals surface area (Å²) in [6.07, 6.45) is 1.83. The predicted molar refractivity (Wildman–Crippen MR) is 97.0 cm³/mol. The van der Waals surface area contributed by atoms with Gasteiger partial charge in [-0.15, -0.1) is 5.10 Å². The molecule has 0 aliphatic carbocycles. The Morgan fingerprint density at radius 1 is 1.08 bits per heavy atom. The minimum absolute atomic E-state index is 0.0865. The Morgan fingerprint density at radius 3 is 2.46 bits per heavy atom. The molecule has 0 fully saturated rings. The molecule has 3 aromatic rings.